The number of hydrogen-bond acceptors (Lipinski definition) is 7. The first-order valence-electron chi connectivity index (χ1n) is 15.2. The van der Waals surface area contributed by atoms with E-state index >= 15 is 0 Å². The summed E-state index contributed by atoms with van der Waals surface area (Å²) >= 11 is 0. The van der Waals surface area contributed by atoms with E-state index in [1.807, 2.05) is 39.8 Å². The molecule has 5 N–H and O–H groups in total. The summed E-state index contributed by atoms with van der Waals surface area (Å²) in [4.78, 5) is 9.44. The summed E-state index contributed by atoms with van der Waals surface area (Å²) in [5, 5.41) is 48.8. The fourth-order valence-corrected chi connectivity index (χ4v) is 5.06. The van der Waals surface area contributed by atoms with Crippen molar-refractivity contribution in [2.45, 2.75) is 111 Å². The molecule has 7 heteroatoms. The molecule has 1 heterocycles. The van der Waals surface area contributed by atoms with Crippen LogP contribution in [-0.4, -0.2) is 31.3 Å². The highest BCUT2D eigenvalue weighted by atomic mass is 16.5. The standard InChI is InChI=1S/C22H28O4.C8H10O2.C3H6O.C3H6/c1-6-13-8-15(19(25)10-17(13)23)22(5)12-21(3,4)16-9-14(7-2)18(24)11-20(16)26-22;1-2-6-3-4-7(9)5-8(6)10;1-3(2)4;1-2-3-1/h8-11,23-25H,6-7,12H2,1-5H3;3-5,9-10H,2H2,1H3;1-2H3;1-3H2. The molecule has 2 aliphatic rings. The Balaban J connectivity index is 0.000000308. The fourth-order valence-electron chi connectivity index (χ4n) is 5.06. The summed E-state index contributed by atoms with van der Waals surface area (Å²) in [6.07, 6.45) is 7.37. The van der Waals surface area contributed by atoms with Gasteiger partial charge in [-0.15, -0.1) is 0 Å². The Morgan fingerprint density at radius 1 is 0.674 bits per heavy atom. The minimum absolute atomic E-state index is 0.0239. The van der Waals surface area contributed by atoms with E-state index in [0.29, 0.717) is 24.2 Å². The number of phenolic OH excluding ortho intramolecular Hbond substituents is 5. The molecule has 1 aliphatic carbocycles. The van der Waals surface area contributed by atoms with Crippen molar-refractivity contribution in [3.8, 4) is 34.5 Å². The zero-order valence-electron chi connectivity index (χ0n) is 27.0. The number of aryl methyl sites for hydroxylation is 3. The fraction of sp³-hybridized carbons (Fsp3) is 0.472. The van der Waals surface area contributed by atoms with Crippen molar-refractivity contribution in [3.63, 3.8) is 0 Å². The van der Waals surface area contributed by atoms with Crippen LogP contribution in [0.4, 0.5) is 0 Å². The van der Waals surface area contributed by atoms with Gasteiger partial charge in [-0.2, -0.15) is 0 Å². The van der Waals surface area contributed by atoms with Gasteiger partial charge in [-0.3, -0.25) is 0 Å². The number of phenols is 5. The van der Waals surface area contributed by atoms with E-state index in [1.165, 1.54) is 45.2 Å². The van der Waals surface area contributed by atoms with Crippen LogP contribution in [0.3, 0.4) is 0 Å². The number of carbonyl (C=O) groups is 1. The molecule has 0 aromatic heterocycles. The van der Waals surface area contributed by atoms with Crippen molar-refractivity contribution in [2.24, 2.45) is 0 Å². The molecule has 1 aliphatic heterocycles. The second kappa shape index (κ2) is 15.0. The number of Topliss-reactive ketones (excluding diaryl/α,β-unsaturated/α-hetero) is 1. The lowest BCUT2D eigenvalue weighted by atomic mass is 9.70. The van der Waals surface area contributed by atoms with Gasteiger partial charge in [0.2, 0.25) is 0 Å². The summed E-state index contributed by atoms with van der Waals surface area (Å²) in [6.45, 7) is 15.2. The zero-order chi connectivity index (χ0) is 32.5. The van der Waals surface area contributed by atoms with E-state index in [4.69, 9.17) is 14.9 Å². The van der Waals surface area contributed by atoms with E-state index < -0.39 is 5.60 Å². The molecule has 3 aromatic carbocycles. The maximum atomic E-state index is 10.5. The highest BCUT2D eigenvalue weighted by Crippen LogP contribution is 2.52. The van der Waals surface area contributed by atoms with Crippen LogP contribution in [0.1, 0.15) is 109 Å². The third-order valence-electron chi connectivity index (χ3n) is 7.36. The lowest BCUT2D eigenvalue weighted by molar-refractivity contribution is -0.115. The first kappa shape index (κ1) is 35.3. The van der Waals surface area contributed by atoms with Crippen LogP contribution in [0, 0.1) is 0 Å². The third kappa shape index (κ3) is 9.84. The lowest BCUT2D eigenvalue weighted by Crippen LogP contribution is -2.41. The van der Waals surface area contributed by atoms with Gasteiger partial charge in [0.1, 0.15) is 45.9 Å². The maximum absolute atomic E-state index is 10.5. The smallest absolute Gasteiger partial charge is 0.136 e. The first-order chi connectivity index (χ1) is 20.1. The number of aromatic hydroxyl groups is 5. The van der Waals surface area contributed by atoms with Crippen LogP contribution in [0.15, 0.2) is 42.5 Å². The largest absolute Gasteiger partial charge is 0.508 e. The van der Waals surface area contributed by atoms with Gasteiger partial charge >= 0.3 is 0 Å². The first-order valence-corrected chi connectivity index (χ1v) is 15.2. The van der Waals surface area contributed by atoms with E-state index in [1.54, 1.807) is 18.2 Å². The van der Waals surface area contributed by atoms with Crippen LogP contribution in [-0.2, 0) is 35.1 Å². The van der Waals surface area contributed by atoms with E-state index in [-0.39, 0.29) is 39.9 Å². The third-order valence-corrected chi connectivity index (χ3v) is 7.36. The van der Waals surface area contributed by atoms with E-state index in [9.17, 15) is 20.1 Å². The molecular weight excluding hydrogens is 544 g/mol. The average Bonchev–Trinajstić information content (AvgIpc) is 3.78. The molecule has 7 nitrogen and oxygen atoms in total. The highest BCUT2D eigenvalue weighted by Gasteiger charge is 2.45. The van der Waals surface area contributed by atoms with Crippen molar-refractivity contribution in [2.75, 3.05) is 0 Å². The predicted octanol–water partition coefficient (Wildman–Crippen LogP) is 8.33. The van der Waals surface area contributed by atoms with Crippen LogP contribution in [0.2, 0.25) is 0 Å². The van der Waals surface area contributed by atoms with E-state index in [2.05, 4.69) is 13.8 Å². The van der Waals surface area contributed by atoms with Crippen LogP contribution in [0.25, 0.3) is 0 Å². The van der Waals surface area contributed by atoms with Gasteiger partial charge in [0.25, 0.3) is 0 Å². The SMILES string of the molecule is C1CC1.CC(C)=O.CCc1cc2c(cc1O)OC(C)(c1cc(CC)c(O)cc1O)CC2(C)C.CCc1ccc(O)cc1O. The Kier molecular flexibility index (Phi) is 12.4. The number of benzene rings is 3. The van der Waals surface area contributed by atoms with Crippen molar-refractivity contribution in [1.82, 2.24) is 0 Å². The van der Waals surface area contributed by atoms with Gasteiger partial charge in [-0.1, -0.05) is 59.9 Å². The van der Waals surface area contributed by atoms with Crippen molar-refractivity contribution in [3.05, 3.63) is 70.3 Å². The van der Waals surface area contributed by atoms with Gasteiger partial charge in [-0.05, 0) is 80.3 Å². The molecular formula is C36H50O7. The molecule has 1 fully saturated rings. The van der Waals surface area contributed by atoms with Crippen LogP contribution in [0.5, 0.6) is 34.5 Å². The quantitative estimate of drug-likeness (QED) is 0.205. The highest BCUT2D eigenvalue weighted by molar-refractivity contribution is 5.72. The molecule has 5 rings (SSSR count). The zero-order valence-corrected chi connectivity index (χ0v) is 27.0. The maximum Gasteiger partial charge on any atom is 0.136 e. The molecule has 0 bridgehead atoms. The van der Waals surface area contributed by atoms with Gasteiger partial charge in [0, 0.05) is 35.7 Å². The van der Waals surface area contributed by atoms with Gasteiger partial charge in [0.05, 0.1) is 0 Å². The summed E-state index contributed by atoms with van der Waals surface area (Å²) in [5.74, 6) is 1.44. The van der Waals surface area contributed by atoms with Crippen molar-refractivity contribution >= 4 is 5.78 Å². The number of rotatable bonds is 4. The molecule has 0 amide bonds. The monoisotopic (exact) mass is 594 g/mol. The van der Waals surface area contributed by atoms with Crippen molar-refractivity contribution in [1.29, 1.82) is 0 Å². The molecule has 1 atom stereocenters. The van der Waals surface area contributed by atoms with Crippen LogP contribution >= 0.6 is 0 Å². The minimum Gasteiger partial charge on any atom is -0.508 e. The van der Waals surface area contributed by atoms with Crippen LogP contribution < -0.4 is 4.74 Å². The Bertz CT molecular complexity index is 1380. The Labute approximate surface area is 256 Å². The predicted molar refractivity (Wildman–Crippen MR) is 172 cm³/mol. The molecule has 43 heavy (non-hydrogen) atoms. The van der Waals surface area contributed by atoms with Gasteiger partial charge in [-0.25, -0.2) is 0 Å². The second-order valence-corrected chi connectivity index (χ2v) is 12.2. The molecule has 236 valence electrons. The molecule has 3 aromatic rings. The second-order valence-electron chi connectivity index (χ2n) is 12.2. The number of carbonyl (C=O) groups excluding carboxylic acids is 1. The Morgan fingerprint density at radius 2 is 1.14 bits per heavy atom. The topological polar surface area (TPSA) is 127 Å². The summed E-state index contributed by atoms with van der Waals surface area (Å²) in [5.41, 5.74) is 3.30. The molecule has 1 saturated carbocycles. The normalized spacial score (nSPS) is 17.3. The molecule has 1 unspecified atom stereocenters. The summed E-state index contributed by atoms with van der Waals surface area (Å²) in [7, 11) is 0. The molecule has 0 radical (unpaired) electrons. The molecule has 0 saturated heterocycles. The summed E-state index contributed by atoms with van der Waals surface area (Å²) in [6, 6.07) is 11.6. The van der Waals surface area contributed by atoms with Gasteiger partial charge < -0.3 is 35.1 Å². The molecule has 0 spiro atoms. The summed E-state index contributed by atoms with van der Waals surface area (Å²) < 4.78 is 6.34. The van der Waals surface area contributed by atoms with E-state index in [0.717, 1.165) is 35.1 Å². The number of ether oxygens (including phenoxy) is 1. The number of fused-ring (bicyclic) bond motifs is 1. The minimum atomic E-state index is -0.766. The average molecular weight is 595 g/mol. The number of hydrogen-bond donors (Lipinski definition) is 5. The Hall–Kier alpha value is -3.87. The number of ketones is 1. The van der Waals surface area contributed by atoms with Crippen molar-refractivity contribution < 1.29 is 35.1 Å². The van der Waals surface area contributed by atoms with Gasteiger partial charge in [0.15, 0.2) is 0 Å². The lowest BCUT2D eigenvalue weighted by Gasteiger charge is -2.45. The Morgan fingerprint density at radius 3 is 1.60 bits per heavy atom.